The second-order valence-corrected chi connectivity index (χ2v) is 3.97. The summed E-state index contributed by atoms with van der Waals surface area (Å²) in [6.45, 7) is 3.81. The minimum absolute atomic E-state index is 0.926. The quantitative estimate of drug-likeness (QED) is 0.729. The number of fused-ring (bicyclic) bond motifs is 1. The number of benzene rings is 1. The summed E-state index contributed by atoms with van der Waals surface area (Å²) in [5.41, 5.74) is 3.81. The lowest BCUT2D eigenvalue weighted by molar-refractivity contribution is 0.414. The Morgan fingerprint density at radius 2 is 2.36 bits per heavy atom. The Bertz CT molecular complexity index is 393. The van der Waals surface area contributed by atoms with E-state index in [1.165, 1.54) is 16.7 Å². The van der Waals surface area contributed by atoms with Crippen LogP contribution >= 0.6 is 11.8 Å². The van der Waals surface area contributed by atoms with Crippen molar-refractivity contribution in [3.8, 4) is 5.75 Å². The average molecular weight is 204 g/mol. The zero-order valence-electron chi connectivity index (χ0n) is 8.12. The standard InChI is InChI=1S/C12H12OS/c1-3-9-7-14-8-10-6-11(13-2)4-5-12(9)10/h3-7H,1,8H2,2H3. The van der Waals surface area contributed by atoms with Crippen molar-refractivity contribution in [2.75, 3.05) is 7.11 Å². The number of hydrogen-bond acceptors (Lipinski definition) is 2. The highest BCUT2D eigenvalue weighted by molar-refractivity contribution is 8.01. The molecule has 0 bridgehead atoms. The number of hydrogen-bond donors (Lipinski definition) is 0. The van der Waals surface area contributed by atoms with Crippen LogP contribution in [-0.2, 0) is 5.75 Å². The van der Waals surface area contributed by atoms with Crippen molar-refractivity contribution in [3.05, 3.63) is 47.4 Å². The third kappa shape index (κ3) is 1.58. The van der Waals surface area contributed by atoms with E-state index in [2.05, 4.69) is 24.1 Å². The maximum absolute atomic E-state index is 5.19. The number of allylic oxidation sites excluding steroid dienone is 2. The molecule has 1 aromatic carbocycles. The zero-order valence-corrected chi connectivity index (χ0v) is 8.93. The van der Waals surface area contributed by atoms with E-state index in [4.69, 9.17) is 4.74 Å². The summed E-state index contributed by atoms with van der Waals surface area (Å²) in [6.07, 6.45) is 1.90. The molecule has 2 heteroatoms. The molecule has 0 unspecified atom stereocenters. The Morgan fingerprint density at radius 3 is 3.07 bits per heavy atom. The van der Waals surface area contributed by atoms with Gasteiger partial charge in [0, 0.05) is 5.75 Å². The van der Waals surface area contributed by atoms with Crippen LogP contribution in [0.25, 0.3) is 5.57 Å². The summed E-state index contributed by atoms with van der Waals surface area (Å²) in [4.78, 5) is 0. The molecule has 1 aliphatic heterocycles. The van der Waals surface area contributed by atoms with Gasteiger partial charge in [-0.2, -0.15) is 0 Å². The fraction of sp³-hybridized carbons (Fsp3) is 0.167. The van der Waals surface area contributed by atoms with Gasteiger partial charge in [-0.3, -0.25) is 0 Å². The van der Waals surface area contributed by atoms with Crippen LogP contribution < -0.4 is 4.74 Å². The molecule has 1 aromatic rings. The maximum atomic E-state index is 5.19. The Balaban J connectivity index is 2.48. The molecular formula is C12H12OS. The lowest BCUT2D eigenvalue weighted by Gasteiger charge is -2.15. The molecule has 1 heterocycles. The summed E-state index contributed by atoms with van der Waals surface area (Å²) < 4.78 is 5.19. The predicted octanol–water partition coefficient (Wildman–Crippen LogP) is 3.47. The SMILES string of the molecule is C=CC1=CSCc2cc(OC)ccc21. The molecule has 2 rings (SSSR count). The molecule has 0 N–H and O–H groups in total. The fourth-order valence-corrected chi connectivity index (χ4v) is 2.45. The highest BCUT2D eigenvalue weighted by Crippen LogP contribution is 2.34. The normalized spacial score (nSPS) is 14.2. The lowest BCUT2D eigenvalue weighted by atomic mass is 10.0. The molecule has 0 spiro atoms. The molecule has 0 aliphatic carbocycles. The fourth-order valence-electron chi connectivity index (χ4n) is 1.54. The van der Waals surface area contributed by atoms with Crippen LogP contribution in [0.5, 0.6) is 5.75 Å². The van der Waals surface area contributed by atoms with Crippen molar-refractivity contribution < 1.29 is 4.74 Å². The minimum atomic E-state index is 0.926. The number of thioether (sulfide) groups is 1. The first-order valence-corrected chi connectivity index (χ1v) is 5.51. The summed E-state index contributed by atoms with van der Waals surface area (Å²) in [5.74, 6) is 1.94. The molecule has 0 saturated heterocycles. The first-order chi connectivity index (χ1) is 6.85. The third-order valence-electron chi connectivity index (χ3n) is 2.29. The van der Waals surface area contributed by atoms with Gasteiger partial charge in [0.25, 0.3) is 0 Å². The van der Waals surface area contributed by atoms with Gasteiger partial charge in [0.15, 0.2) is 0 Å². The van der Waals surface area contributed by atoms with Crippen molar-refractivity contribution in [2.45, 2.75) is 5.75 Å². The van der Waals surface area contributed by atoms with E-state index in [1.54, 1.807) is 18.9 Å². The summed E-state index contributed by atoms with van der Waals surface area (Å²) in [5, 5.41) is 2.15. The highest BCUT2D eigenvalue weighted by Gasteiger charge is 2.11. The van der Waals surface area contributed by atoms with Crippen molar-refractivity contribution in [1.29, 1.82) is 0 Å². The van der Waals surface area contributed by atoms with Gasteiger partial charge in [-0.15, -0.1) is 11.8 Å². The molecule has 0 fully saturated rings. The van der Waals surface area contributed by atoms with Gasteiger partial charge >= 0.3 is 0 Å². The van der Waals surface area contributed by atoms with E-state index >= 15 is 0 Å². The minimum Gasteiger partial charge on any atom is -0.497 e. The highest BCUT2D eigenvalue weighted by atomic mass is 32.2. The van der Waals surface area contributed by atoms with Crippen molar-refractivity contribution in [3.63, 3.8) is 0 Å². The van der Waals surface area contributed by atoms with Crippen LogP contribution in [0, 0.1) is 0 Å². The summed E-state index contributed by atoms with van der Waals surface area (Å²) in [7, 11) is 1.70. The molecule has 0 aromatic heterocycles. The third-order valence-corrected chi connectivity index (χ3v) is 3.19. The monoisotopic (exact) mass is 204 g/mol. The van der Waals surface area contributed by atoms with E-state index < -0.39 is 0 Å². The summed E-state index contributed by atoms with van der Waals surface area (Å²) >= 11 is 1.80. The van der Waals surface area contributed by atoms with Crippen LogP contribution in [0.1, 0.15) is 11.1 Å². The first-order valence-electron chi connectivity index (χ1n) is 4.46. The molecule has 0 atom stereocenters. The Labute approximate surface area is 88.5 Å². The number of methoxy groups -OCH3 is 1. The molecule has 14 heavy (non-hydrogen) atoms. The molecule has 0 radical (unpaired) electrons. The van der Waals surface area contributed by atoms with Crippen molar-refractivity contribution >= 4 is 17.3 Å². The molecular weight excluding hydrogens is 192 g/mol. The van der Waals surface area contributed by atoms with Crippen LogP contribution in [0.2, 0.25) is 0 Å². The van der Waals surface area contributed by atoms with Crippen LogP contribution in [0.4, 0.5) is 0 Å². The van der Waals surface area contributed by atoms with Gasteiger partial charge in [-0.05, 0) is 34.2 Å². The molecule has 1 aliphatic rings. The van der Waals surface area contributed by atoms with Crippen molar-refractivity contribution in [1.82, 2.24) is 0 Å². The first kappa shape index (κ1) is 9.41. The number of ether oxygens (including phenoxy) is 1. The van der Waals surface area contributed by atoms with Crippen LogP contribution in [0.3, 0.4) is 0 Å². The molecule has 72 valence electrons. The van der Waals surface area contributed by atoms with E-state index in [-0.39, 0.29) is 0 Å². The second kappa shape index (κ2) is 3.93. The van der Waals surface area contributed by atoms with Crippen LogP contribution in [0.15, 0.2) is 36.3 Å². The van der Waals surface area contributed by atoms with E-state index in [1.807, 2.05) is 12.1 Å². The smallest absolute Gasteiger partial charge is 0.119 e. The van der Waals surface area contributed by atoms with E-state index in [9.17, 15) is 0 Å². The van der Waals surface area contributed by atoms with Gasteiger partial charge in [0.2, 0.25) is 0 Å². The Kier molecular flexibility index (Phi) is 2.64. The van der Waals surface area contributed by atoms with Gasteiger partial charge in [0.1, 0.15) is 5.75 Å². The largest absolute Gasteiger partial charge is 0.497 e. The number of rotatable bonds is 2. The topological polar surface area (TPSA) is 9.23 Å². The van der Waals surface area contributed by atoms with Gasteiger partial charge in [-0.1, -0.05) is 18.7 Å². The predicted molar refractivity (Wildman–Crippen MR) is 62.5 cm³/mol. The van der Waals surface area contributed by atoms with Crippen molar-refractivity contribution in [2.24, 2.45) is 0 Å². The van der Waals surface area contributed by atoms with Gasteiger partial charge in [0.05, 0.1) is 7.11 Å². The Hall–Kier alpha value is -1.15. The Morgan fingerprint density at radius 1 is 1.50 bits per heavy atom. The molecule has 1 nitrogen and oxygen atoms in total. The van der Waals surface area contributed by atoms with Crippen LogP contribution in [-0.4, -0.2) is 7.11 Å². The maximum Gasteiger partial charge on any atom is 0.119 e. The lowest BCUT2D eigenvalue weighted by Crippen LogP contribution is -1.95. The summed E-state index contributed by atoms with van der Waals surface area (Å²) in [6, 6.07) is 6.19. The van der Waals surface area contributed by atoms with E-state index in [0.717, 1.165) is 11.5 Å². The zero-order chi connectivity index (χ0) is 9.97. The second-order valence-electron chi connectivity index (χ2n) is 3.11. The van der Waals surface area contributed by atoms with Gasteiger partial charge < -0.3 is 4.74 Å². The van der Waals surface area contributed by atoms with Gasteiger partial charge in [-0.25, -0.2) is 0 Å². The van der Waals surface area contributed by atoms with E-state index in [0.29, 0.717) is 0 Å². The average Bonchev–Trinajstić information content (AvgIpc) is 2.27. The molecule has 0 saturated carbocycles. The molecule has 0 amide bonds.